The first-order valence-corrected chi connectivity index (χ1v) is 6.45. The van der Waals surface area contributed by atoms with Crippen LogP contribution in [-0.2, 0) is 0 Å². The number of hydrogen-bond donors (Lipinski definition) is 1. The first-order chi connectivity index (χ1) is 8.29. The van der Waals surface area contributed by atoms with E-state index in [1.165, 1.54) is 32.1 Å². The molecular weight excluding hydrogens is 214 g/mol. The van der Waals surface area contributed by atoms with Crippen molar-refractivity contribution in [1.82, 2.24) is 15.3 Å². The highest BCUT2D eigenvalue weighted by Crippen LogP contribution is 2.30. The van der Waals surface area contributed by atoms with Crippen LogP contribution in [0.1, 0.15) is 50.8 Å². The summed E-state index contributed by atoms with van der Waals surface area (Å²) >= 11 is 0. The van der Waals surface area contributed by atoms with Gasteiger partial charge in [0.1, 0.15) is 12.1 Å². The van der Waals surface area contributed by atoms with Crippen LogP contribution >= 0.6 is 0 Å². The van der Waals surface area contributed by atoms with Crippen molar-refractivity contribution in [1.29, 1.82) is 0 Å². The molecule has 0 bridgehead atoms. The summed E-state index contributed by atoms with van der Waals surface area (Å²) in [6.45, 7) is 1.95. The minimum atomic E-state index is -0.0147. The third kappa shape index (κ3) is 3.40. The molecule has 4 nitrogen and oxygen atoms in total. The van der Waals surface area contributed by atoms with Gasteiger partial charge in [0.05, 0.1) is 12.4 Å². The highest BCUT2D eigenvalue weighted by atomic mass is 16.5. The van der Waals surface area contributed by atoms with Crippen molar-refractivity contribution in [3.05, 3.63) is 18.2 Å². The predicted octanol–water partition coefficient (Wildman–Crippen LogP) is 2.47. The van der Waals surface area contributed by atoms with Crippen molar-refractivity contribution in [2.45, 2.75) is 51.2 Å². The van der Waals surface area contributed by atoms with Gasteiger partial charge in [0.2, 0.25) is 0 Å². The summed E-state index contributed by atoms with van der Waals surface area (Å²) < 4.78 is 5.57. The van der Waals surface area contributed by atoms with Crippen molar-refractivity contribution >= 4 is 0 Å². The second-order valence-corrected chi connectivity index (χ2v) is 4.66. The quantitative estimate of drug-likeness (QED) is 0.814. The third-order valence-corrected chi connectivity index (χ3v) is 3.34. The van der Waals surface area contributed by atoms with Crippen LogP contribution in [0, 0.1) is 0 Å². The zero-order chi connectivity index (χ0) is 12.1. The molecule has 1 saturated carbocycles. The molecule has 1 unspecified atom stereocenters. The highest BCUT2D eigenvalue weighted by Gasteiger charge is 2.17. The monoisotopic (exact) mass is 235 g/mol. The molecule has 17 heavy (non-hydrogen) atoms. The maximum atomic E-state index is 5.57. The number of ether oxygens (including phenoxy) is 1. The summed E-state index contributed by atoms with van der Waals surface area (Å²) in [6, 6.07) is 0. The summed E-state index contributed by atoms with van der Waals surface area (Å²) in [6.07, 6.45) is 9.98. The van der Waals surface area contributed by atoms with E-state index in [1.807, 2.05) is 14.0 Å². The molecule has 1 atom stereocenters. The molecule has 4 heteroatoms. The molecule has 0 aliphatic heterocycles. The van der Waals surface area contributed by atoms with E-state index in [0.717, 1.165) is 11.6 Å². The SMILES string of the molecule is CNC(C)Oc1cnc(C2CCCCC2)nc1. The zero-order valence-corrected chi connectivity index (χ0v) is 10.6. The fraction of sp³-hybridized carbons (Fsp3) is 0.692. The molecule has 1 fully saturated rings. The van der Waals surface area contributed by atoms with Gasteiger partial charge in [0, 0.05) is 5.92 Å². The minimum absolute atomic E-state index is 0.0147. The Morgan fingerprint density at radius 3 is 2.47 bits per heavy atom. The van der Waals surface area contributed by atoms with Gasteiger partial charge in [-0.3, -0.25) is 5.32 Å². The van der Waals surface area contributed by atoms with Crippen LogP contribution in [0.3, 0.4) is 0 Å². The molecular formula is C13H21N3O. The molecule has 0 aromatic carbocycles. The van der Waals surface area contributed by atoms with E-state index in [0.29, 0.717) is 5.92 Å². The summed E-state index contributed by atoms with van der Waals surface area (Å²) in [5.74, 6) is 2.26. The molecule has 1 aliphatic carbocycles. The zero-order valence-electron chi connectivity index (χ0n) is 10.6. The van der Waals surface area contributed by atoms with Crippen LogP contribution in [0.5, 0.6) is 5.75 Å². The van der Waals surface area contributed by atoms with Crippen LogP contribution in [-0.4, -0.2) is 23.2 Å². The van der Waals surface area contributed by atoms with Gasteiger partial charge in [0.25, 0.3) is 0 Å². The van der Waals surface area contributed by atoms with Gasteiger partial charge in [-0.05, 0) is 26.8 Å². The van der Waals surface area contributed by atoms with Crippen molar-refractivity contribution in [2.75, 3.05) is 7.05 Å². The Labute approximate surface area is 103 Å². The average Bonchev–Trinajstić information content (AvgIpc) is 2.40. The Kier molecular flexibility index (Phi) is 4.31. The number of nitrogens with zero attached hydrogens (tertiary/aromatic N) is 2. The Morgan fingerprint density at radius 1 is 1.24 bits per heavy atom. The molecule has 0 spiro atoms. The second-order valence-electron chi connectivity index (χ2n) is 4.66. The van der Waals surface area contributed by atoms with Crippen LogP contribution in [0.2, 0.25) is 0 Å². The molecule has 0 amide bonds. The standard InChI is InChI=1S/C13H21N3O/c1-10(14-2)17-12-8-15-13(16-9-12)11-6-4-3-5-7-11/h8-11,14H,3-7H2,1-2H3. The van der Waals surface area contributed by atoms with E-state index < -0.39 is 0 Å². The molecule has 1 N–H and O–H groups in total. The lowest BCUT2D eigenvalue weighted by molar-refractivity contribution is 0.192. The smallest absolute Gasteiger partial charge is 0.158 e. The fourth-order valence-corrected chi connectivity index (χ4v) is 2.22. The molecule has 0 saturated heterocycles. The molecule has 1 aromatic heterocycles. The molecule has 2 rings (SSSR count). The maximum Gasteiger partial charge on any atom is 0.158 e. The lowest BCUT2D eigenvalue weighted by Gasteiger charge is -2.20. The average molecular weight is 235 g/mol. The third-order valence-electron chi connectivity index (χ3n) is 3.34. The van der Waals surface area contributed by atoms with Crippen LogP contribution in [0.15, 0.2) is 12.4 Å². The van der Waals surface area contributed by atoms with E-state index in [-0.39, 0.29) is 6.23 Å². The van der Waals surface area contributed by atoms with E-state index in [1.54, 1.807) is 12.4 Å². The number of rotatable bonds is 4. The van der Waals surface area contributed by atoms with Gasteiger partial charge in [-0.2, -0.15) is 0 Å². The van der Waals surface area contributed by atoms with Crippen molar-refractivity contribution in [2.24, 2.45) is 0 Å². The number of aromatic nitrogens is 2. The molecule has 0 radical (unpaired) electrons. The topological polar surface area (TPSA) is 47.0 Å². The first kappa shape index (κ1) is 12.3. The first-order valence-electron chi connectivity index (χ1n) is 6.45. The molecule has 1 aliphatic rings. The van der Waals surface area contributed by atoms with E-state index in [2.05, 4.69) is 15.3 Å². The Hall–Kier alpha value is -1.16. The van der Waals surface area contributed by atoms with Gasteiger partial charge in [-0.25, -0.2) is 9.97 Å². The predicted molar refractivity (Wildman–Crippen MR) is 67.0 cm³/mol. The Bertz CT molecular complexity index is 333. The molecule has 1 aromatic rings. The highest BCUT2D eigenvalue weighted by molar-refractivity contribution is 5.14. The summed E-state index contributed by atoms with van der Waals surface area (Å²) in [7, 11) is 1.86. The van der Waals surface area contributed by atoms with Gasteiger partial charge >= 0.3 is 0 Å². The second kappa shape index (κ2) is 5.96. The summed E-state index contributed by atoms with van der Waals surface area (Å²) in [5, 5.41) is 3.01. The fourth-order valence-electron chi connectivity index (χ4n) is 2.22. The number of nitrogens with one attached hydrogen (secondary N) is 1. The summed E-state index contributed by atoms with van der Waals surface area (Å²) in [4.78, 5) is 8.85. The lowest BCUT2D eigenvalue weighted by atomic mass is 9.89. The lowest BCUT2D eigenvalue weighted by Crippen LogP contribution is -2.27. The minimum Gasteiger partial charge on any atom is -0.472 e. The van der Waals surface area contributed by atoms with Crippen LogP contribution in [0.25, 0.3) is 0 Å². The van der Waals surface area contributed by atoms with E-state index in [4.69, 9.17) is 4.74 Å². The molecule has 1 heterocycles. The summed E-state index contributed by atoms with van der Waals surface area (Å²) in [5.41, 5.74) is 0. The van der Waals surface area contributed by atoms with Gasteiger partial charge < -0.3 is 4.74 Å². The van der Waals surface area contributed by atoms with Crippen molar-refractivity contribution in [3.8, 4) is 5.75 Å². The maximum absolute atomic E-state index is 5.57. The van der Waals surface area contributed by atoms with Crippen LogP contribution in [0.4, 0.5) is 0 Å². The number of hydrogen-bond acceptors (Lipinski definition) is 4. The Morgan fingerprint density at radius 2 is 1.88 bits per heavy atom. The normalized spacial score (nSPS) is 18.9. The van der Waals surface area contributed by atoms with Crippen molar-refractivity contribution < 1.29 is 4.74 Å². The Balaban J connectivity index is 1.97. The van der Waals surface area contributed by atoms with Gasteiger partial charge in [0.15, 0.2) is 5.75 Å². The largest absolute Gasteiger partial charge is 0.472 e. The van der Waals surface area contributed by atoms with E-state index >= 15 is 0 Å². The molecule has 94 valence electrons. The van der Waals surface area contributed by atoms with Gasteiger partial charge in [-0.15, -0.1) is 0 Å². The van der Waals surface area contributed by atoms with Crippen LogP contribution < -0.4 is 10.1 Å². The van der Waals surface area contributed by atoms with Gasteiger partial charge in [-0.1, -0.05) is 19.3 Å². The van der Waals surface area contributed by atoms with Crippen molar-refractivity contribution in [3.63, 3.8) is 0 Å². The van der Waals surface area contributed by atoms with E-state index in [9.17, 15) is 0 Å².